The zero-order valence-corrected chi connectivity index (χ0v) is 23.9. The van der Waals surface area contributed by atoms with Crippen LogP contribution in [0.3, 0.4) is 0 Å². The molecule has 0 bridgehead atoms. The van der Waals surface area contributed by atoms with Gasteiger partial charge in [-0.3, -0.25) is 13.9 Å². The minimum Gasteiger partial charge on any atom is -0.497 e. The van der Waals surface area contributed by atoms with Gasteiger partial charge in [-0.2, -0.15) is 0 Å². The molecule has 0 spiro atoms. The SMILES string of the molecule is CCc1ccccc1N(CC(=O)N(Cc1cccc(OC)c1)[C@@H](C)C(=O)NC(C)C)S(=O)(=O)c1ccccc1. The molecule has 39 heavy (non-hydrogen) atoms. The van der Waals surface area contributed by atoms with Gasteiger partial charge in [0.2, 0.25) is 11.8 Å². The second-order valence-corrected chi connectivity index (χ2v) is 11.4. The molecule has 0 radical (unpaired) electrons. The summed E-state index contributed by atoms with van der Waals surface area (Å²) in [7, 11) is -2.54. The van der Waals surface area contributed by atoms with E-state index >= 15 is 0 Å². The Morgan fingerprint density at radius 1 is 0.923 bits per heavy atom. The van der Waals surface area contributed by atoms with Crippen LogP contribution in [0.15, 0.2) is 83.8 Å². The van der Waals surface area contributed by atoms with Crippen LogP contribution in [0.4, 0.5) is 5.69 Å². The number of hydrogen-bond acceptors (Lipinski definition) is 5. The van der Waals surface area contributed by atoms with Crippen molar-refractivity contribution >= 4 is 27.5 Å². The number of aryl methyl sites for hydroxylation is 1. The fourth-order valence-corrected chi connectivity index (χ4v) is 5.71. The van der Waals surface area contributed by atoms with E-state index in [-0.39, 0.29) is 23.4 Å². The molecule has 0 aliphatic rings. The molecular weight excluding hydrogens is 514 g/mol. The van der Waals surface area contributed by atoms with Gasteiger partial charge in [-0.1, -0.05) is 55.5 Å². The summed E-state index contributed by atoms with van der Waals surface area (Å²) in [6.45, 7) is 6.88. The van der Waals surface area contributed by atoms with Crippen LogP contribution in [0.25, 0.3) is 0 Å². The number of methoxy groups -OCH3 is 1. The lowest BCUT2D eigenvalue weighted by molar-refractivity contribution is -0.139. The Balaban J connectivity index is 2.06. The first kappa shape index (κ1) is 29.7. The van der Waals surface area contributed by atoms with Crippen LogP contribution >= 0.6 is 0 Å². The summed E-state index contributed by atoms with van der Waals surface area (Å²) in [5.41, 5.74) is 1.96. The van der Waals surface area contributed by atoms with E-state index in [9.17, 15) is 18.0 Å². The smallest absolute Gasteiger partial charge is 0.264 e. The standard InChI is InChI=1S/C30H37N3O5S/c1-6-25-14-10-11-18-28(25)33(39(36,37)27-16-8-7-9-17-27)21-29(34)32(23(4)30(35)31-22(2)3)20-24-13-12-15-26(19-24)38-5/h7-19,22-23H,6,20-21H2,1-5H3,(H,31,35)/t23-/m0/s1. The van der Waals surface area contributed by atoms with Crippen molar-refractivity contribution in [2.24, 2.45) is 0 Å². The summed E-state index contributed by atoms with van der Waals surface area (Å²) in [4.78, 5) is 28.5. The first-order valence-electron chi connectivity index (χ1n) is 13.0. The van der Waals surface area contributed by atoms with Gasteiger partial charge in [-0.05, 0) is 68.7 Å². The first-order valence-corrected chi connectivity index (χ1v) is 14.4. The summed E-state index contributed by atoms with van der Waals surface area (Å²) in [5.74, 6) is -0.216. The lowest BCUT2D eigenvalue weighted by Gasteiger charge is -2.33. The molecule has 3 aromatic rings. The molecule has 8 nitrogen and oxygen atoms in total. The van der Waals surface area contributed by atoms with Crippen molar-refractivity contribution in [1.82, 2.24) is 10.2 Å². The quantitative estimate of drug-likeness (QED) is 0.360. The Morgan fingerprint density at radius 2 is 1.59 bits per heavy atom. The number of carbonyl (C=O) groups excluding carboxylic acids is 2. The van der Waals surface area contributed by atoms with E-state index in [2.05, 4.69) is 5.32 Å². The number of nitrogens with one attached hydrogen (secondary N) is 1. The number of ether oxygens (including phenoxy) is 1. The van der Waals surface area contributed by atoms with Crippen LogP contribution in [0.1, 0.15) is 38.8 Å². The third-order valence-electron chi connectivity index (χ3n) is 6.34. The Bertz CT molecular complexity index is 1380. The van der Waals surface area contributed by atoms with E-state index in [1.165, 1.54) is 17.0 Å². The van der Waals surface area contributed by atoms with Crippen molar-refractivity contribution in [2.75, 3.05) is 18.0 Å². The van der Waals surface area contributed by atoms with E-state index in [4.69, 9.17) is 4.74 Å². The lowest BCUT2D eigenvalue weighted by atomic mass is 10.1. The molecule has 9 heteroatoms. The van der Waals surface area contributed by atoms with Crippen LogP contribution in [-0.4, -0.2) is 50.9 Å². The van der Waals surface area contributed by atoms with Crippen molar-refractivity contribution in [3.05, 3.63) is 90.0 Å². The molecule has 0 aliphatic carbocycles. The summed E-state index contributed by atoms with van der Waals surface area (Å²) < 4.78 is 34.3. The normalized spacial score (nSPS) is 12.1. The number of rotatable bonds is 12. The van der Waals surface area contributed by atoms with E-state index in [0.29, 0.717) is 17.9 Å². The minimum atomic E-state index is -4.10. The number of hydrogen-bond donors (Lipinski definition) is 1. The molecule has 3 aromatic carbocycles. The summed E-state index contributed by atoms with van der Waals surface area (Å²) in [5, 5.41) is 2.86. The van der Waals surface area contributed by atoms with Crippen LogP contribution in [0.5, 0.6) is 5.75 Å². The highest BCUT2D eigenvalue weighted by atomic mass is 32.2. The molecular formula is C30H37N3O5S. The van der Waals surface area contributed by atoms with Crippen molar-refractivity contribution in [1.29, 1.82) is 0 Å². The van der Waals surface area contributed by atoms with E-state index in [1.54, 1.807) is 62.6 Å². The topological polar surface area (TPSA) is 96.0 Å². The molecule has 0 aliphatic heterocycles. The van der Waals surface area contributed by atoms with Gasteiger partial charge in [0.15, 0.2) is 0 Å². The van der Waals surface area contributed by atoms with Crippen LogP contribution < -0.4 is 14.4 Å². The number of nitrogens with zero attached hydrogens (tertiary/aromatic N) is 2. The highest BCUT2D eigenvalue weighted by Crippen LogP contribution is 2.28. The van der Waals surface area contributed by atoms with Crippen LogP contribution in [0, 0.1) is 0 Å². The molecule has 0 aromatic heterocycles. The molecule has 0 unspecified atom stereocenters. The van der Waals surface area contributed by atoms with Crippen molar-refractivity contribution < 1.29 is 22.7 Å². The second-order valence-electron chi connectivity index (χ2n) is 9.52. The Labute approximate surface area is 231 Å². The molecule has 0 saturated carbocycles. The number of carbonyl (C=O) groups is 2. The third-order valence-corrected chi connectivity index (χ3v) is 8.11. The van der Waals surface area contributed by atoms with Crippen molar-refractivity contribution in [2.45, 2.75) is 57.6 Å². The molecule has 208 valence electrons. The zero-order chi connectivity index (χ0) is 28.6. The molecule has 0 fully saturated rings. The largest absolute Gasteiger partial charge is 0.497 e. The summed E-state index contributed by atoms with van der Waals surface area (Å²) in [6, 6.07) is 21.4. The average molecular weight is 552 g/mol. The van der Waals surface area contributed by atoms with Gasteiger partial charge in [-0.25, -0.2) is 8.42 Å². The molecule has 0 saturated heterocycles. The highest BCUT2D eigenvalue weighted by molar-refractivity contribution is 7.92. The van der Waals surface area contributed by atoms with Gasteiger partial charge in [0.25, 0.3) is 10.0 Å². The second kappa shape index (κ2) is 13.3. The molecule has 1 atom stereocenters. The predicted molar refractivity (Wildman–Crippen MR) is 153 cm³/mol. The summed E-state index contributed by atoms with van der Waals surface area (Å²) >= 11 is 0. The third kappa shape index (κ3) is 7.38. The van der Waals surface area contributed by atoms with Gasteiger partial charge in [0.1, 0.15) is 18.3 Å². The maximum Gasteiger partial charge on any atom is 0.264 e. The predicted octanol–water partition coefficient (Wildman–Crippen LogP) is 4.39. The molecule has 3 rings (SSSR count). The average Bonchev–Trinajstić information content (AvgIpc) is 2.94. The maximum atomic E-state index is 14.0. The van der Waals surface area contributed by atoms with E-state index < -0.39 is 28.5 Å². The Morgan fingerprint density at radius 3 is 2.23 bits per heavy atom. The number of para-hydroxylation sites is 1. The lowest BCUT2D eigenvalue weighted by Crippen LogP contribution is -2.52. The van der Waals surface area contributed by atoms with E-state index in [1.807, 2.05) is 39.0 Å². The number of benzene rings is 3. The minimum absolute atomic E-state index is 0.0775. The fourth-order valence-electron chi connectivity index (χ4n) is 4.24. The summed E-state index contributed by atoms with van der Waals surface area (Å²) in [6.07, 6.45) is 0.575. The Kier molecular flexibility index (Phi) is 10.1. The molecule has 2 amide bonds. The fraction of sp³-hybridized carbons (Fsp3) is 0.333. The van der Waals surface area contributed by atoms with Crippen molar-refractivity contribution in [3.8, 4) is 5.75 Å². The van der Waals surface area contributed by atoms with Gasteiger partial charge in [0, 0.05) is 12.6 Å². The Hall–Kier alpha value is -3.85. The van der Waals surface area contributed by atoms with Crippen LogP contribution in [0.2, 0.25) is 0 Å². The maximum absolute atomic E-state index is 14.0. The first-order chi connectivity index (χ1) is 18.6. The number of anilines is 1. The van der Waals surface area contributed by atoms with Gasteiger partial charge in [-0.15, -0.1) is 0 Å². The number of sulfonamides is 1. The zero-order valence-electron chi connectivity index (χ0n) is 23.1. The number of amides is 2. The van der Waals surface area contributed by atoms with Gasteiger partial charge in [0.05, 0.1) is 17.7 Å². The van der Waals surface area contributed by atoms with Gasteiger partial charge >= 0.3 is 0 Å². The monoisotopic (exact) mass is 551 g/mol. The molecule has 0 heterocycles. The van der Waals surface area contributed by atoms with E-state index in [0.717, 1.165) is 15.4 Å². The van der Waals surface area contributed by atoms with Crippen LogP contribution in [-0.2, 0) is 32.6 Å². The molecule has 1 N–H and O–H groups in total. The van der Waals surface area contributed by atoms with Gasteiger partial charge < -0.3 is 15.0 Å². The highest BCUT2D eigenvalue weighted by Gasteiger charge is 2.33. The van der Waals surface area contributed by atoms with Crippen molar-refractivity contribution in [3.63, 3.8) is 0 Å².